The average molecular weight is 517 g/mol. The van der Waals surface area contributed by atoms with Gasteiger partial charge in [0.2, 0.25) is 17.6 Å². The summed E-state index contributed by atoms with van der Waals surface area (Å²) >= 11 is 0. The van der Waals surface area contributed by atoms with E-state index in [0.29, 0.717) is 35.7 Å². The van der Waals surface area contributed by atoms with Crippen molar-refractivity contribution in [3.8, 4) is 11.4 Å². The van der Waals surface area contributed by atoms with Crippen LogP contribution < -0.4 is 10.6 Å². The molecule has 8 nitrogen and oxygen atoms in total. The minimum atomic E-state index is -4.42. The normalized spacial score (nSPS) is 14.2. The van der Waals surface area contributed by atoms with Gasteiger partial charge in [0, 0.05) is 23.7 Å². The molecule has 0 spiro atoms. The monoisotopic (exact) mass is 516 g/mol. The molecule has 0 radical (unpaired) electrons. The SMILES string of the molecule is CC(C)(C)OC(=O)NC(CCc1nc(-c2ccc3c(c2)CC(=O)N3)no1)Cc1ccc(C(F)(F)F)cc1. The highest BCUT2D eigenvalue weighted by atomic mass is 19.4. The zero-order chi connectivity index (χ0) is 26.8. The standard InChI is InChI=1S/C26H27F3N4O4/c1-25(2,3)36-24(35)30-19(12-15-4-7-18(8-5-15)26(27,28)29)9-11-22-32-23(33-37-22)16-6-10-20-17(13-16)14-21(34)31-20/h4-8,10,13,19H,9,11-12,14H2,1-3H3,(H,30,35)(H,31,34). The average Bonchev–Trinajstić information content (AvgIpc) is 3.41. The summed E-state index contributed by atoms with van der Waals surface area (Å²) in [4.78, 5) is 28.4. The van der Waals surface area contributed by atoms with Crippen LogP contribution in [0.5, 0.6) is 0 Å². The number of halogens is 3. The lowest BCUT2D eigenvalue weighted by atomic mass is 10.0. The van der Waals surface area contributed by atoms with Gasteiger partial charge in [-0.1, -0.05) is 17.3 Å². The van der Waals surface area contributed by atoms with Crippen LogP contribution in [0.25, 0.3) is 11.4 Å². The number of ether oxygens (including phenoxy) is 1. The second-order valence-electron chi connectivity index (χ2n) is 9.89. The van der Waals surface area contributed by atoms with E-state index in [2.05, 4.69) is 20.8 Å². The molecule has 196 valence electrons. The predicted molar refractivity (Wildman–Crippen MR) is 129 cm³/mol. The van der Waals surface area contributed by atoms with Crippen LogP contribution >= 0.6 is 0 Å². The van der Waals surface area contributed by atoms with E-state index in [9.17, 15) is 22.8 Å². The van der Waals surface area contributed by atoms with Crippen molar-refractivity contribution in [1.82, 2.24) is 15.5 Å². The van der Waals surface area contributed by atoms with Crippen LogP contribution in [0.1, 0.15) is 49.8 Å². The van der Waals surface area contributed by atoms with Gasteiger partial charge >= 0.3 is 12.3 Å². The number of carbonyl (C=O) groups excluding carboxylic acids is 2. The van der Waals surface area contributed by atoms with Crippen molar-refractivity contribution >= 4 is 17.7 Å². The van der Waals surface area contributed by atoms with Crippen molar-refractivity contribution in [3.05, 3.63) is 65.0 Å². The van der Waals surface area contributed by atoms with Crippen molar-refractivity contribution in [1.29, 1.82) is 0 Å². The van der Waals surface area contributed by atoms with E-state index in [0.717, 1.165) is 23.4 Å². The summed E-state index contributed by atoms with van der Waals surface area (Å²) in [5.74, 6) is 0.641. The molecule has 2 N–H and O–H groups in total. The van der Waals surface area contributed by atoms with E-state index in [1.165, 1.54) is 12.1 Å². The number of aromatic nitrogens is 2. The van der Waals surface area contributed by atoms with E-state index in [1.54, 1.807) is 32.9 Å². The van der Waals surface area contributed by atoms with Crippen LogP contribution in [-0.2, 0) is 35.0 Å². The molecule has 4 rings (SSSR count). The number of aryl methyl sites for hydroxylation is 1. The van der Waals surface area contributed by atoms with Gasteiger partial charge in [0.05, 0.1) is 12.0 Å². The maximum atomic E-state index is 12.9. The number of carbonyl (C=O) groups is 2. The van der Waals surface area contributed by atoms with E-state index in [4.69, 9.17) is 9.26 Å². The fraction of sp³-hybridized carbons (Fsp3) is 0.385. The third-order valence-electron chi connectivity index (χ3n) is 5.65. The summed E-state index contributed by atoms with van der Waals surface area (Å²) in [6.07, 6.45) is -3.78. The van der Waals surface area contributed by atoms with Crippen LogP contribution in [0.2, 0.25) is 0 Å². The van der Waals surface area contributed by atoms with E-state index in [1.807, 2.05) is 6.07 Å². The number of anilines is 1. The van der Waals surface area contributed by atoms with Gasteiger partial charge in [0.15, 0.2) is 0 Å². The Bertz CT molecular complexity index is 1280. The van der Waals surface area contributed by atoms with Crippen LogP contribution in [0, 0.1) is 0 Å². The maximum Gasteiger partial charge on any atom is 0.416 e. The predicted octanol–water partition coefficient (Wildman–Crippen LogP) is 5.32. The van der Waals surface area contributed by atoms with Gasteiger partial charge in [-0.2, -0.15) is 18.2 Å². The lowest BCUT2D eigenvalue weighted by Crippen LogP contribution is -2.40. The quantitative estimate of drug-likeness (QED) is 0.440. The highest BCUT2D eigenvalue weighted by molar-refractivity contribution is 5.99. The van der Waals surface area contributed by atoms with Crippen molar-refractivity contribution < 1.29 is 32.0 Å². The van der Waals surface area contributed by atoms with Gasteiger partial charge in [-0.25, -0.2) is 4.79 Å². The molecule has 2 amide bonds. The fourth-order valence-corrected chi connectivity index (χ4v) is 3.95. The number of nitrogens with zero attached hydrogens (tertiary/aromatic N) is 2. The number of benzene rings is 2. The summed E-state index contributed by atoms with van der Waals surface area (Å²) < 4.78 is 49.5. The zero-order valence-electron chi connectivity index (χ0n) is 20.6. The van der Waals surface area contributed by atoms with Crippen molar-refractivity contribution in [2.24, 2.45) is 0 Å². The minimum absolute atomic E-state index is 0.0717. The number of hydrogen-bond donors (Lipinski definition) is 2. The molecule has 37 heavy (non-hydrogen) atoms. The van der Waals surface area contributed by atoms with Gasteiger partial charge in [0.25, 0.3) is 0 Å². The second-order valence-corrected chi connectivity index (χ2v) is 9.89. The number of nitrogens with one attached hydrogen (secondary N) is 2. The maximum absolute atomic E-state index is 12.9. The van der Waals surface area contributed by atoms with Gasteiger partial charge in [-0.05, 0) is 75.1 Å². The first-order valence-electron chi connectivity index (χ1n) is 11.8. The Hall–Kier alpha value is -3.89. The molecular formula is C26H27F3N4O4. The van der Waals surface area contributed by atoms with Gasteiger partial charge < -0.3 is 19.9 Å². The summed E-state index contributed by atoms with van der Waals surface area (Å²) in [6, 6.07) is 9.77. The van der Waals surface area contributed by atoms with Crippen LogP contribution in [0.15, 0.2) is 47.0 Å². The lowest BCUT2D eigenvalue weighted by Gasteiger charge is -2.23. The number of amides is 2. The van der Waals surface area contributed by atoms with E-state index < -0.39 is 29.5 Å². The molecular weight excluding hydrogens is 489 g/mol. The van der Waals surface area contributed by atoms with Gasteiger partial charge in [-0.3, -0.25) is 4.79 Å². The summed E-state index contributed by atoms with van der Waals surface area (Å²) in [6.45, 7) is 5.22. The molecule has 0 bridgehead atoms. The molecule has 11 heteroatoms. The molecule has 1 unspecified atom stereocenters. The number of hydrogen-bond acceptors (Lipinski definition) is 6. The van der Waals surface area contributed by atoms with Crippen LogP contribution in [-0.4, -0.2) is 33.8 Å². The molecule has 2 heterocycles. The largest absolute Gasteiger partial charge is 0.444 e. The fourth-order valence-electron chi connectivity index (χ4n) is 3.95. The molecule has 3 aromatic rings. The van der Waals surface area contributed by atoms with Gasteiger partial charge in [-0.15, -0.1) is 0 Å². The zero-order valence-corrected chi connectivity index (χ0v) is 20.6. The van der Waals surface area contributed by atoms with Crippen LogP contribution in [0.3, 0.4) is 0 Å². The van der Waals surface area contributed by atoms with E-state index in [-0.39, 0.29) is 18.7 Å². The Balaban J connectivity index is 1.44. The highest BCUT2D eigenvalue weighted by Gasteiger charge is 2.30. The Kier molecular flexibility index (Phi) is 7.24. The van der Waals surface area contributed by atoms with Crippen LogP contribution in [0.4, 0.5) is 23.7 Å². The molecule has 1 aliphatic heterocycles. The van der Waals surface area contributed by atoms with E-state index >= 15 is 0 Å². The number of alkyl halides is 3. The first-order valence-corrected chi connectivity index (χ1v) is 11.8. The molecule has 0 fully saturated rings. The Morgan fingerprint density at radius 3 is 2.57 bits per heavy atom. The highest BCUT2D eigenvalue weighted by Crippen LogP contribution is 2.30. The number of rotatable bonds is 7. The minimum Gasteiger partial charge on any atom is -0.444 e. The molecule has 1 aliphatic rings. The Morgan fingerprint density at radius 2 is 1.89 bits per heavy atom. The molecule has 0 saturated heterocycles. The molecule has 0 aliphatic carbocycles. The first-order chi connectivity index (χ1) is 17.4. The molecule has 1 aromatic heterocycles. The van der Waals surface area contributed by atoms with Crippen molar-refractivity contribution in [2.45, 2.75) is 64.3 Å². The summed E-state index contributed by atoms with van der Waals surface area (Å²) in [7, 11) is 0. The third kappa shape index (κ3) is 7.08. The van der Waals surface area contributed by atoms with Crippen molar-refractivity contribution in [2.75, 3.05) is 5.32 Å². The molecule has 0 saturated carbocycles. The Labute approximate surface area is 211 Å². The number of fused-ring (bicyclic) bond motifs is 1. The lowest BCUT2D eigenvalue weighted by molar-refractivity contribution is -0.137. The molecule has 2 aromatic carbocycles. The topological polar surface area (TPSA) is 106 Å². The first kappa shape index (κ1) is 26.2. The smallest absolute Gasteiger partial charge is 0.416 e. The number of alkyl carbamates (subject to hydrolysis) is 1. The van der Waals surface area contributed by atoms with Crippen molar-refractivity contribution in [3.63, 3.8) is 0 Å². The summed E-state index contributed by atoms with van der Waals surface area (Å²) in [5, 5.41) is 9.59. The molecule has 1 atom stereocenters. The second kappa shape index (κ2) is 10.2. The summed E-state index contributed by atoms with van der Waals surface area (Å²) in [5.41, 5.74) is 1.50. The Morgan fingerprint density at radius 1 is 1.16 bits per heavy atom. The third-order valence-corrected chi connectivity index (χ3v) is 5.65. The van der Waals surface area contributed by atoms with Gasteiger partial charge in [0.1, 0.15) is 5.60 Å².